The van der Waals surface area contributed by atoms with Crippen molar-refractivity contribution in [3.8, 4) is 11.6 Å². The summed E-state index contributed by atoms with van der Waals surface area (Å²) in [6, 6.07) is 6.04. The van der Waals surface area contributed by atoms with Crippen molar-refractivity contribution in [2.24, 2.45) is 0 Å². The van der Waals surface area contributed by atoms with Gasteiger partial charge in [-0.1, -0.05) is 17.7 Å². The molecule has 18 heavy (non-hydrogen) atoms. The standard InChI is InChI=1S/C14H15ClN2O/c1-8-5-9(2)7-12(6-8)18-14-11(4)10(3)13(15)16-17-14/h5-7H,1-4H3. The van der Waals surface area contributed by atoms with E-state index < -0.39 is 0 Å². The maximum Gasteiger partial charge on any atom is 0.242 e. The van der Waals surface area contributed by atoms with E-state index in [0.717, 1.165) is 28.0 Å². The van der Waals surface area contributed by atoms with Gasteiger partial charge in [-0.05, 0) is 56.5 Å². The summed E-state index contributed by atoms with van der Waals surface area (Å²) in [5, 5.41) is 8.28. The molecule has 2 aromatic rings. The van der Waals surface area contributed by atoms with Gasteiger partial charge in [-0.25, -0.2) is 0 Å². The number of hydrogen-bond acceptors (Lipinski definition) is 3. The van der Waals surface area contributed by atoms with Crippen molar-refractivity contribution in [2.45, 2.75) is 27.7 Å². The van der Waals surface area contributed by atoms with Crippen LogP contribution >= 0.6 is 11.6 Å². The number of halogens is 1. The number of hydrogen-bond donors (Lipinski definition) is 0. The van der Waals surface area contributed by atoms with Gasteiger partial charge in [-0.2, -0.15) is 0 Å². The fourth-order valence-electron chi connectivity index (χ4n) is 1.75. The molecule has 0 bridgehead atoms. The largest absolute Gasteiger partial charge is 0.437 e. The van der Waals surface area contributed by atoms with E-state index in [1.54, 1.807) is 0 Å². The van der Waals surface area contributed by atoms with E-state index in [9.17, 15) is 0 Å². The molecule has 0 aliphatic carbocycles. The van der Waals surface area contributed by atoms with Gasteiger partial charge < -0.3 is 4.74 Å². The predicted molar refractivity (Wildman–Crippen MR) is 72.5 cm³/mol. The highest BCUT2D eigenvalue weighted by Crippen LogP contribution is 2.27. The van der Waals surface area contributed by atoms with Crippen LogP contribution in [-0.4, -0.2) is 10.2 Å². The molecule has 0 fully saturated rings. The first-order valence-electron chi connectivity index (χ1n) is 5.73. The minimum atomic E-state index is 0.417. The van der Waals surface area contributed by atoms with Crippen LogP contribution in [0.2, 0.25) is 5.15 Å². The first-order chi connectivity index (χ1) is 8.47. The highest BCUT2D eigenvalue weighted by atomic mass is 35.5. The molecule has 2 rings (SSSR count). The molecule has 0 unspecified atom stereocenters. The summed E-state index contributed by atoms with van der Waals surface area (Å²) < 4.78 is 5.77. The SMILES string of the molecule is Cc1cc(C)cc(Oc2nnc(Cl)c(C)c2C)c1. The van der Waals surface area contributed by atoms with Crippen molar-refractivity contribution in [3.05, 3.63) is 45.6 Å². The summed E-state index contributed by atoms with van der Waals surface area (Å²) in [5.74, 6) is 1.27. The van der Waals surface area contributed by atoms with Crippen LogP contribution in [0.25, 0.3) is 0 Å². The van der Waals surface area contributed by atoms with E-state index in [1.807, 2.05) is 39.8 Å². The van der Waals surface area contributed by atoms with Crippen molar-refractivity contribution < 1.29 is 4.74 Å². The van der Waals surface area contributed by atoms with E-state index in [4.69, 9.17) is 16.3 Å². The second-order valence-electron chi connectivity index (χ2n) is 4.47. The minimum absolute atomic E-state index is 0.417. The Kier molecular flexibility index (Phi) is 3.53. The Balaban J connectivity index is 2.37. The van der Waals surface area contributed by atoms with Crippen LogP contribution in [0.4, 0.5) is 0 Å². The number of ether oxygens (including phenoxy) is 1. The summed E-state index contributed by atoms with van der Waals surface area (Å²) in [5.41, 5.74) is 4.11. The van der Waals surface area contributed by atoms with Crippen molar-refractivity contribution in [1.82, 2.24) is 10.2 Å². The van der Waals surface area contributed by atoms with Gasteiger partial charge >= 0.3 is 0 Å². The zero-order valence-electron chi connectivity index (χ0n) is 10.9. The number of aryl methyl sites for hydroxylation is 2. The Morgan fingerprint density at radius 1 is 0.889 bits per heavy atom. The smallest absolute Gasteiger partial charge is 0.242 e. The third-order valence-electron chi connectivity index (χ3n) is 2.83. The highest BCUT2D eigenvalue weighted by molar-refractivity contribution is 6.30. The van der Waals surface area contributed by atoms with Crippen LogP contribution in [0, 0.1) is 27.7 Å². The molecule has 1 heterocycles. The Morgan fingerprint density at radius 2 is 1.50 bits per heavy atom. The van der Waals surface area contributed by atoms with E-state index >= 15 is 0 Å². The van der Waals surface area contributed by atoms with Crippen molar-refractivity contribution >= 4 is 11.6 Å². The first kappa shape index (κ1) is 12.8. The molecule has 94 valence electrons. The Morgan fingerprint density at radius 3 is 2.11 bits per heavy atom. The van der Waals surface area contributed by atoms with Crippen LogP contribution in [0.5, 0.6) is 11.6 Å². The van der Waals surface area contributed by atoms with Gasteiger partial charge in [-0.3, -0.25) is 0 Å². The minimum Gasteiger partial charge on any atom is -0.437 e. The van der Waals surface area contributed by atoms with E-state index in [2.05, 4.69) is 16.3 Å². The van der Waals surface area contributed by atoms with Crippen molar-refractivity contribution in [1.29, 1.82) is 0 Å². The Hall–Kier alpha value is -1.61. The molecule has 0 N–H and O–H groups in total. The molecular weight excluding hydrogens is 248 g/mol. The molecule has 0 saturated heterocycles. The van der Waals surface area contributed by atoms with Crippen LogP contribution in [0.1, 0.15) is 22.3 Å². The van der Waals surface area contributed by atoms with Crippen molar-refractivity contribution in [2.75, 3.05) is 0 Å². The van der Waals surface area contributed by atoms with Gasteiger partial charge in [0.15, 0.2) is 5.15 Å². The lowest BCUT2D eigenvalue weighted by atomic mass is 10.1. The monoisotopic (exact) mass is 262 g/mol. The molecule has 0 spiro atoms. The highest BCUT2D eigenvalue weighted by Gasteiger charge is 2.10. The molecule has 0 atom stereocenters. The molecule has 3 nitrogen and oxygen atoms in total. The fraction of sp³-hybridized carbons (Fsp3) is 0.286. The number of aromatic nitrogens is 2. The van der Waals surface area contributed by atoms with Crippen molar-refractivity contribution in [3.63, 3.8) is 0 Å². The molecule has 4 heteroatoms. The summed E-state index contributed by atoms with van der Waals surface area (Å²) in [6.45, 7) is 7.89. The summed E-state index contributed by atoms with van der Waals surface area (Å²) in [6.07, 6.45) is 0. The third-order valence-corrected chi connectivity index (χ3v) is 3.19. The summed E-state index contributed by atoms with van der Waals surface area (Å²) in [7, 11) is 0. The maximum atomic E-state index is 5.91. The number of benzene rings is 1. The van der Waals surface area contributed by atoms with Gasteiger partial charge in [0, 0.05) is 5.56 Å². The van der Waals surface area contributed by atoms with Gasteiger partial charge in [0.25, 0.3) is 0 Å². The molecule has 0 aliphatic heterocycles. The van der Waals surface area contributed by atoms with Gasteiger partial charge in [0.1, 0.15) is 5.75 Å². The fourth-order valence-corrected chi connectivity index (χ4v) is 1.93. The molecular formula is C14H15ClN2O. The second-order valence-corrected chi connectivity index (χ2v) is 4.83. The maximum absolute atomic E-state index is 5.91. The van der Waals surface area contributed by atoms with Crippen LogP contribution in [-0.2, 0) is 0 Å². The van der Waals surface area contributed by atoms with Crippen LogP contribution in [0.15, 0.2) is 18.2 Å². The van der Waals surface area contributed by atoms with E-state index in [0.29, 0.717) is 11.0 Å². The zero-order valence-corrected chi connectivity index (χ0v) is 11.7. The van der Waals surface area contributed by atoms with Crippen LogP contribution < -0.4 is 4.74 Å². The Labute approximate surface area is 112 Å². The molecule has 1 aromatic carbocycles. The summed E-state index contributed by atoms with van der Waals surface area (Å²) in [4.78, 5) is 0. The average Bonchev–Trinajstić information content (AvgIpc) is 2.29. The van der Waals surface area contributed by atoms with Crippen LogP contribution in [0.3, 0.4) is 0 Å². The Bertz CT molecular complexity index is 576. The lowest BCUT2D eigenvalue weighted by Crippen LogP contribution is -1.98. The predicted octanol–water partition coefficient (Wildman–Crippen LogP) is 4.16. The van der Waals surface area contributed by atoms with Gasteiger partial charge in [-0.15, -0.1) is 10.2 Å². The topological polar surface area (TPSA) is 35.0 Å². The molecule has 0 radical (unpaired) electrons. The molecule has 0 saturated carbocycles. The quantitative estimate of drug-likeness (QED) is 0.815. The second kappa shape index (κ2) is 4.94. The molecule has 0 aliphatic rings. The van der Waals surface area contributed by atoms with Gasteiger partial charge in [0.2, 0.25) is 5.88 Å². The van der Waals surface area contributed by atoms with Gasteiger partial charge in [0.05, 0.1) is 0 Å². The molecule has 1 aromatic heterocycles. The summed E-state index contributed by atoms with van der Waals surface area (Å²) >= 11 is 5.91. The lowest BCUT2D eigenvalue weighted by molar-refractivity contribution is 0.449. The normalized spacial score (nSPS) is 10.5. The molecule has 0 amide bonds. The zero-order chi connectivity index (χ0) is 13.3. The van der Waals surface area contributed by atoms with E-state index in [1.165, 1.54) is 0 Å². The number of rotatable bonds is 2. The van der Waals surface area contributed by atoms with E-state index in [-0.39, 0.29) is 0 Å². The lowest BCUT2D eigenvalue weighted by Gasteiger charge is -2.10. The first-order valence-corrected chi connectivity index (χ1v) is 6.10. The average molecular weight is 263 g/mol. The third kappa shape index (κ3) is 2.62. The number of nitrogens with zero attached hydrogens (tertiary/aromatic N) is 2.